The van der Waals surface area contributed by atoms with E-state index in [1.807, 2.05) is 6.07 Å². The minimum absolute atomic E-state index is 0.0415. The molecule has 20 heteroatoms. The summed E-state index contributed by atoms with van der Waals surface area (Å²) in [5, 5.41) is 13.7. The lowest BCUT2D eigenvalue weighted by atomic mass is 9.92. The number of anilines is 2. The van der Waals surface area contributed by atoms with Crippen molar-refractivity contribution in [1.82, 2.24) is 55.3 Å². The molecule has 0 spiro atoms. The van der Waals surface area contributed by atoms with Gasteiger partial charge >= 0.3 is 0 Å². The van der Waals surface area contributed by atoms with Gasteiger partial charge in [-0.15, -0.1) is 10.2 Å². The van der Waals surface area contributed by atoms with Crippen LogP contribution in [0, 0.1) is 0 Å². The molecule has 2 aromatic carbocycles. The van der Waals surface area contributed by atoms with Crippen LogP contribution in [0.25, 0.3) is 27.9 Å². The van der Waals surface area contributed by atoms with Gasteiger partial charge in [-0.2, -0.15) is 0 Å². The molecule has 4 aliphatic rings. The van der Waals surface area contributed by atoms with Crippen LogP contribution in [-0.2, 0) is 9.47 Å². The molecule has 2 saturated heterocycles. The third kappa shape index (κ3) is 11.3. The number of hydrogen-bond acceptors (Lipinski definition) is 16. The van der Waals surface area contributed by atoms with E-state index in [1.165, 1.54) is 6.07 Å². The first-order chi connectivity index (χ1) is 34.4. The van der Waals surface area contributed by atoms with Gasteiger partial charge in [-0.25, -0.2) is 15.0 Å². The number of H-pyrrole nitrogens is 1. The number of ether oxygens (including phenoxy) is 4. The van der Waals surface area contributed by atoms with E-state index in [2.05, 4.69) is 84.8 Å². The lowest BCUT2D eigenvalue weighted by molar-refractivity contribution is 0.0883. The second-order valence-electron chi connectivity index (χ2n) is 17.7. The van der Waals surface area contributed by atoms with Crippen LogP contribution in [0.4, 0.5) is 11.4 Å². The number of nitrogens with zero attached hydrogens (tertiary/aromatic N) is 10. The zero-order chi connectivity index (χ0) is 47.7. The Bertz CT molecular complexity index is 2950. The average molecular weight is 950 g/mol. The fourth-order valence-electron chi connectivity index (χ4n) is 9.37. The van der Waals surface area contributed by atoms with Crippen molar-refractivity contribution in [3.05, 3.63) is 120 Å². The molecule has 7 heterocycles. The summed E-state index contributed by atoms with van der Waals surface area (Å²) in [5.74, 6) is 1.67. The molecule has 70 heavy (non-hydrogen) atoms. The second-order valence-corrected chi connectivity index (χ2v) is 17.7. The number of aromatic amines is 1. The zero-order valence-corrected chi connectivity index (χ0v) is 38.7. The van der Waals surface area contributed by atoms with Crippen molar-refractivity contribution < 1.29 is 28.5 Å². The largest absolute Gasteiger partial charge is 0.488 e. The fourth-order valence-corrected chi connectivity index (χ4v) is 9.37. The fraction of sp³-hybridized carbons (Fsp3) is 0.400. The summed E-state index contributed by atoms with van der Waals surface area (Å²) in [4.78, 5) is 66.4. The Morgan fingerprint density at radius 2 is 1.10 bits per heavy atom. The number of carbonyl (C=O) groups is 2. The molecule has 20 nitrogen and oxygen atoms in total. The molecular weight excluding hydrogens is 895 g/mol. The van der Waals surface area contributed by atoms with Gasteiger partial charge < -0.3 is 44.4 Å². The maximum atomic E-state index is 12.9. The molecule has 3 N–H and O–H groups in total. The van der Waals surface area contributed by atoms with Crippen LogP contribution in [-0.4, -0.2) is 133 Å². The number of rotatable bonds is 11. The smallest absolute Gasteiger partial charge is 0.270 e. The van der Waals surface area contributed by atoms with Crippen molar-refractivity contribution in [2.24, 2.45) is 0 Å². The topological polar surface area (TPSA) is 230 Å². The van der Waals surface area contributed by atoms with Gasteiger partial charge in [0.05, 0.1) is 49.7 Å². The Balaban J connectivity index is 0.000000163. The molecule has 362 valence electrons. The zero-order valence-electron chi connectivity index (χ0n) is 38.7. The normalized spacial score (nSPS) is 20.5. The number of hydrogen-bond donors (Lipinski definition) is 3. The summed E-state index contributed by atoms with van der Waals surface area (Å²) in [6.45, 7) is 6.20. The number of morpholine rings is 2. The number of fused-ring (bicyclic) bond motifs is 2. The van der Waals surface area contributed by atoms with Gasteiger partial charge in [0.15, 0.2) is 0 Å². The molecule has 2 aliphatic carbocycles. The average Bonchev–Trinajstić information content (AvgIpc) is 3.96. The molecule has 0 unspecified atom stereocenters. The van der Waals surface area contributed by atoms with E-state index in [9.17, 15) is 14.4 Å². The van der Waals surface area contributed by atoms with Crippen molar-refractivity contribution in [2.75, 3.05) is 62.4 Å². The molecular formula is C50H55N13O7. The quantitative estimate of drug-likeness (QED) is 0.158. The lowest BCUT2D eigenvalue weighted by Gasteiger charge is -2.31. The van der Waals surface area contributed by atoms with Crippen LogP contribution in [0.15, 0.2) is 103 Å². The Hall–Kier alpha value is -7.58. The van der Waals surface area contributed by atoms with E-state index < -0.39 is 0 Å². The Morgan fingerprint density at radius 1 is 0.600 bits per heavy atom. The van der Waals surface area contributed by atoms with E-state index in [0.29, 0.717) is 37.9 Å². The molecule has 2 amide bonds. The summed E-state index contributed by atoms with van der Waals surface area (Å²) < 4.78 is 25.6. The second kappa shape index (κ2) is 21.8. The summed E-state index contributed by atoms with van der Waals surface area (Å²) in [6, 6.07) is 18.3. The van der Waals surface area contributed by atoms with Gasteiger partial charge in [0.25, 0.3) is 11.8 Å². The van der Waals surface area contributed by atoms with Crippen molar-refractivity contribution in [2.45, 2.75) is 75.7 Å². The highest BCUT2D eigenvalue weighted by Crippen LogP contribution is 2.35. The number of amides is 2. The molecule has 4 fully saturated rings. The van der Waals surface area contributed by atoms with Crippen LogP contribution >= 0.6 is 0 Å². The van der Waals surface area contributed by atoms with Gasteiger partial charge in [0.2, 0.25) is 5.56 Å². The number of aromatic nitrogens is 9. The van der Waals surface area contributed by atoms with E-state index in [-0.39, 0.29) is 47.4 Å². The molecule has 0 bridgehead atoms. The van der Waals surface area contributed by atoms with Crippen molar-refractivity contribution in [3.63, 3.8) is 0 Å². The van der Waals surface area contributed by atoms with Crippen molar-refractivity contribution in [1.29, 1.82) is 0 Å². The molecule has 5 aromatic heterocycles. The molecule has 0 radical (unpaired) electrons. The third-order valence-electron chi connectivity index (χ3n) is 13.1. The van der Waals surface area contributed by atoms with Gasteiger partial charge in [-0.3, -0.25) is 28.9 Å². The van der Waals surface area contributed by atoms with E-state index in [0.717, 1.165) is 122 Å². The molecule has 11 rings (SSSR count). The van der Waals surface area contributed by atoms with E-state index >= 15 is 0 Å². The van der Waals surface area contributed by atoms with Gasteiger partial charge in [0.1, 0.15) is 52.4 Å². The third-order valence-corrected chi connectivity index (χ3v) is 13.1. The SMILES string of the molecule is O=C(NC1CCC(Oc2cc(N3CCOCC3)cc3nccnc23)CC1)c1cccc(-n2cnnc2)n1.O=C(NC1CCC(Oc2cc(N3CCOCC3)cc3nccnc23)CC1)c1cccc(=O)[nH]1. The van der Waals surface area contributed by atoms with Crippen LogP contribution in [0.5, 0.6) is 11.5 Å². The molecule has 2 aliphatic heterocycles. The lowest BCUT2D eigenvalue weighted by Crippen LogP contribution is -2.40. The Morgan fingerprint density at radius 3 is 1.63 bits per heavy atom. The van der Waals surface area contributed by atoms with Crippen LogP contribution in [0.2, 0.25) is 0 Å². The van der Waals surface area contributed by atoms with Crippen LogP contribution in [0.3, 0.4) is 0 Å². The van der Waals surface area contributed by atoms with Gasteiger partial charge in [0, 0.05) is 92.6 Å². The summed E-state index contributed by atoms with van der Waals surface area (Å²) >= 11 is 0. The Labute approximate surface area is 403 Å². The number of pyridine rings is 2. The minimum Gasteiger partial charge on any atom is -0.488 e. The van der Waals surface area contributed by atoms with Crippen LogP contribution in [0.1, 0.15) is 72.3 Å². The Kier molecular flexibility index (Phi) is 14.4. The van der Waals surface area contributed by atoms with Crippen LogP contribution < -0.4 is 35.5 Å². The highest BCUT2D eigenvalue weighted by atomic mass is 16.5. The van der Waals surface area contributed by atoms with Gasteiger partial charge in [-0.05, 0) is 81.7 Å². The highest BCUT2D eigenvalue weighted by molar-refractivity contribution is 5.93. The standard InChI is InChI=1S/C26H28N8O3.C24H27N5O4/c35-26(21-2-1-3-24(32-21)34-16-29-30-17-34)31-18-4-6-20(7-5-18)37-23-15-19(33-10-12-36-13-11-33)14-22-25(23)28-9-8-27-22;30-22-3-1-2-19(28-22)24(31)27-16-4-6-18(7-5-16)33-21-15-17(29-10-12-32-13-11-29)14-20-23(21)26-9-8-25-20/h1-3,8-9,14-18,20H,4-7,10-13H2,(H,31,35);1-3,8-9,14-16,18H,4-7,10-13H2,(H,27,31)(H,28,30). The summed E-state index contributed by atoms with van der Waals surface area (Å²) in [7, 11) is 0. The summed E-state index contributed by atoms with van der Waals surface area (Å²) in [5.41, 5.74) is 5.69. The maximum absolute atomic E-state index is 12.9. The van der Waals surface area contributed by atoms with E-state index in [1.54, 1.807) is 66.3 Å². The number of benzene rings is 2. The first kappa shape index (κ1) is 46.2. The number of nitrogens with one attached hydrogen (secondary N) is 3. The number of carbonyl (C=O) groups excluding carboxylic acids is 2. The predicted octanol–water partition coefficient (Wildman–Crippen LogP) is 4.84. The monoisotopic (exact) mass is 949 g/mol. The van der Waals surface area contributed by atoms with Crippen molar-refractivity contribution in [3.8, 4) is 17.3 Å². The maximum Gasteiger partial charge on any atom is 0.270 e. The van der Waals surface area contributed by atoms with Crippen molar-refractivity contribution >= 4 is 45.3 Å². The van der Waals surface area contributed by atoms with E-state index in [4.69, 9.17) is 18.9 Å². The molecule has 0 atom stereocenters. The van der Waals surface area contributed by atoms with Gasteiger partial charge in [-0.1, -0.05) is 12.1 Å². The first-order valence-corrected chi connectivity index (χ1v) is 24.0. The first-order valence-electron chi connectivity index (χ1n) is 24.0. The molecule has 2 saturated carbocycles. The summed E-state index contributed by atoms with van der Waals surface area (Å²) in [6.07, 6.45) is 16.6. The minimum atomic E-state index is -0.283. The predicted molar refractivity (Wildman–Crippen MR) is 260 cm³/mol. The molecule has 7 aromatic rings. The highest BCUT2D eigenvalue weighted by Gasteiger charge is 2.28.